The van der Waals surface area contributed by atoms with Crippen LogP contribution >= 0.6 is 11.3 Å². The SMILES string of the molecule is Cc1nc(CCNC(=O)NCC(C)C)cs1. The molecular weight excluding hydrogens is 222 g/mol. The second-order valence-electron chi connectivity index (χ2n) is 4.14. The van der Waals surface area contributed by atoms with Gasteiger partial charge in [-0.2, -0.15) is 0 Å². The van der Waals surface area contributed by atoms with Gasteiger partial charge in [0.25, 0.3) is 0 Å². The normalized spacial score (nSPS) is 10.5. The molecule has 5 heteroatoms. The predicted octanol–water partition coefficient (Wildman–Crippen LogP) is 1.95. The summed E-state index contributed by atoms with van der Waals surface area (Å²) in [4.78, 5) is 15.6. The lowest BCUT2D eigenvalue weighted by atomic mass is 10.2. The molecular formula is C11H19N3OS. The maximum Gasteiger partial charge on any atom is 0.314 e. The van der Waals surface area contributed by atoms with Crippen LogP contribution < -0.4 is 10.6 Å². The van der Waals surface area contributed by atoms with Gasteiger partial charge in [-0.05, 0) is 12.8 Å². The van der Waals surface area contributed by atoms with Crippen molar-refractivity contribution >= 4 is 17.4 Å². The van der Waals surface area contributed by atoms with Gasteiger partial charge in [-0.15, -0.1) is 11.3 Å². The van der Waals surface area contributed by atoms with Gasteiger partial charge in [-0.3, -0.25) is 0 Å². The molecule has 1 aromatic rings. The van der Waals surface area contributed by atoms with Gasteiger partial charge in [0.1, 0.15) is 0 Å². The number of carbonyl (C=O) groups is 1. The topological polar surface area (TPSA) is 54.0 Å². The molecule has 0 unspecified atom stereocenters. The molecule has 0 saturated heterocycles. The molecule has 1 rings (SSSR count). The van der Waals surface area contributed by atoms with E-state index in [1.165, 1.54) is 0 Å². The van der Waals surface area contributed by atoms with Crippen molar-refractivity contribution < 1.29 is 4.79 Å². The van der Waals surface area contributed by atoms with Gasteiger partial charge in [0.05, 0.1) is 10.7 Å². The third-order valence-electron chi connectivity index (χ3n) is 2.00. The molecule has 0 radical (unpaired) electrons. The van der Waals surface area contributed by atoms with Gasteiger partial charge < -0.3 is 10.6 Å². The molecule has 2 N–H and O–H groups in total. The molecule has 0 aliphatic heterocycles. The summed E-state index contributed by atoms with van der Waals surface area (Å²) in [6, 6.07) is -0.0966. The Kier molecular flexibility index (Phi) is 5.25. The van der Waals surface area contributed by atoms with Crippen LogP contribution in [0, 0.1) is 12.8 Å². The van der Waals surface area contributed by atoms with Gasteiger partial charge in [0.15, 0.2) is 0 Å². The Balaban J connectivity index is 2.13. The lowest BCUT2D eigenvalue weighted by Gasteiger charge is -2.08. The Hall–Kier alpha value is -1.10. The number of amides is 2. The second-order valence-corrected chi connectivity index (χ2v) is 5.20. The van der Waals surface area contributed by atoms with Gasteiger partial charge in [-0.25, -0.2) is 9.78 Å². The van der Waals surface area contributed by atoms with Crippen LogP contribution in [0.1, 0.15) is 24.5 Å². The summed E-state index contributed by atoms with van der Waals surface area (Å²) in [7, 11) is 0. The quantitative estimate of drug-likeness (QED) is 0.828. The number of nitrogens with one attached hydrogen (secondary N) is 2. The van der Waals surface area contributed by atoms with Crippen molar-refractivity contribution in [2.45, 2.75) is 27.2 Å². The number of hydrogen-bond donors (Lipinski definition) is 2. The summed E-state index contributed by atoms with van der Waals surface area (Å²) in [6.07, 6.45) is 0.791. The van der Waals surface area contributed by atoms with Crippen LogP contribution in [0.4, 0.5) is 4.79 Å². The molecule has 0 aromatic carbocycles. The minimum Gasteiger partial charge on any atom is -0.338 e. The molecule has 0 fully saturated rings. The zero-order valence-electron chi connectivity index (χ0n) is 10.0. The van der Waals surface area contributed by atoms with Gasteiger partial charge >= 0.3 is 6.03 Å². The average molecular weight is 241 g/mol. The Labute approximate surface area is 100 Å². The first kappa shape index (κ1) is 13.0. The largest absolute Gasteiger partial charge is 0.338 e. The Morgan fingerprint density at radius 1 is 1.50 bits per heavy atom. The molecule has 0 spiro atoms. The van der Waals surface area contributed by atoms with E-state index in [1.807, 2.05) is 12.3 Å². The number of urea groups is 1. The van der Waals surface area contributed by atoms with Crippen molar-refractivity contribution in [3.63, 3.8) is 0 Å². The monoisotopic (exact) mass is 241 g/mol. The van der Waals surface area contributed by atoms with Crippen LogP contribution in [0.5, 0.6) is 0 Å². The highest BCUT2D eigenvalue weighted by Gasteiger charge is 2.02. The number of aromatic nitrogens is 1. The third-order valence-corrected chi connectivity index (χ3v) is 2.83. The number of rotatable bonds is 5. The molecule has 2 amide bonds. The van der Waals surface area contributed by atoms with E-state index in [9.17, 15) is 4.79 Å². The molecule has 0 aliphatic carbocycles. The van der Waals surface area contributed by atoms with E-state index in [2.05, 4.69) is 29.5 Å². The van der Waals surface area contributed by atoms with Crippen molar-refractivity contribution in [2.24, 2.45) is 5.92 Å². The summed E-state index contributed by atoms with van der Waals surface area (Å²) >= 11 is 1.64. The molecule has 0 saturated carbocycles. The van der Waals surface area contributed by atoms with Crippen molar-refractivity contribution in [2.75, 3.05) is 13.1 Å². The van der Waals surface area contributed by atoms with E-state index in [0.717, 1.165) is 17.1 Å². The van der Waals surface area contributed by atoms with E-state index in [-0.39, 0.29) is 6.03 Å². The Morgan fingerprint density at radius 2 is 2.25 bits per heavy atom. The van der Waals surface area contributed by atoms with Crippen LogP contribution in [0.25, 0.3) is 0 Å². The third kappa shape index (κ3) is 5.11. The zero-order valence-corrected chi connectivity index (χ0v) is 10.9. The van der Waals surface area contributed by atoms with E-state index in [1.54, 1.807) is 11.3 Å². The predicted molar refractivity (Wildman–Crippen MR) is 66.8 cm³/mol. The summed E-state index contributed by atoms with van der Waals surface area (Å²) in [6.45, 7) is 7.46. The van der Waals surface area contributed by atoms with Crippen LogP contribution in [-0.2, 0) is 6.42 Å². The van der Waals surface area contributed by atoms with E-state index in [4.69, 9.17) is 0 Å². The standard InChI is InChI=1S/C11H19N3OS/c1-8(2)6-13-11(15)12-5-4-10-7-16-9(3)14-10/h7-8H,4-6H2,1-3H3,(H2,12,13,15). The fraction of sp³-hybridized carbons (Fsp3) is 0.636. The van der Waals surface area contributed by atoms with Crippen molar-refractivity contribution in [1.82, 2.24) is 15.6 Å². The van der Waals surface area contributed by atoms with Crippen LogP contribution in [0.3, 0.4) is 0 Å². The lowest BCUT2D eigenvalue weighted by Crippen LogP contribution is -2.38. The van der Waals surface area contributed by atoms with Crippen molar-refractivity contribution in [3.05, 3.63) is 16.1 Å². The fourth-order valence-electron chi connectivity index (χ4n) is 1.19. The molecule has 90 valence electrons. The van der Waals surface area contributed by atoms with Crippen molar-refractivity contribution in [1.29, 1.82) is 0 Å². The minimum atomic E-state index is -0.0966. The summed E-state index contributed by atoms with van der Waals surface area (Å²) in [5.41, 5.74) is 1.05. The van der Waals surface area contributed by atoms with Crippen LogP contribution in [-0.4, -0.2) is 24.1 Å². The highest BCUT2D eigenvalue weighted by Crippen LogP contribution is 2.07. The molecule has 0 aliphatic rings. The molecule has 0 atom stereocenters. The lowest BCUT2D eigenvalue weighted by molar-refractivity contribution is 0.239. The smallest absolute Gasteiger partial charge is 0.314 e. The number of nitrogens with zero attached hydrogens (tertiary/aromatic N) is 1. The fourth-order valence-corrected chi connectivity index (χ4v) is 1.83. The van der Waals surface area contributed by atoms with Crippen LogP contribution in [0.15, 0.2) is 5.38 Å². The van der Waals surface area contributed by atoms with Gasteiger partial charge in [0.2, 0.25) is 0 Å². The number of carbonyl (C=O) groups excluding carboxylic acids is 1. The van der Waals surface area contributed by atoms with Gasteiger partial charge in [-0.1, -0.05) is 13.8 Å². The molecule has 16 heavy (non-hydrogen) atoms. The first-order valence-corrected chi connectivity index (χ1v) is 6.38. The zero-order chi connectivity index (χ0) is 12.0. The summed E-state index contributed by atoms with van der Waals surface area (Å²) < 4.78 is 0. The summed E-state index contributed by atoms with van der Waals surface area (Å²) in [5.74, 6) is 0.479. The first-order chi connectivity index (χ1) is 7.58. The second kappa shape index (κ2) is 6.48. The maximum atomic E-state index is 11.3. The number of aryl methyl sites for hydroxylation is 1. The molecule has 4 nitrogen and oxygen atoms in total. The van der Waals surface area contributed by atoms with E-state index >= 15 is 0 Å². The first-order valence-electron chi connectivity index (χ1n) is 5.50. The Morgan fingerprint density at radius 3 is 2.81 bits per heavy atom. The Bertz CT molecular complexity index is 336. The number of thiazole rings is 1. The highest BCUT2D eigenvalue weighted by molar-refractivity contribution is 7.09. The molecule has 1 heterocycles. The van der Waals surface area contributed by atoms with E-state index < -0.39 is 0 Å². The number of hydrogen-bond acceptors (Lipinski definition) is 3. The maximum absolute atomic E-state index is 11.3. The average Bonchev–Trinajstić information content (AvgIpc) is 2.61. The highest BCUT2D eigenvalue weighted by atomic mass is 32.1. The molecule has 1 aromatic heterocycles. The van der Waals surface area contributed by atoms with Crippen LogP contribution in [0.2, 0.25) is 0 Å². The molecule has 0 bridgehead atoms. The van der Waals surface area contributed by atoms with Crippen molar-refractivity contribution in [3.8, 4) is 0 Å². The van der Waals surface area contributed by atoms with E-state index in [0.29, 0.717) is 19.0 Å². The minimum absolute atomic E-state index is 0.0966. The summed E-state index contributed by atoms with van der Waals surface area (Å²) in [5, 5.41) is 8.72. The van der Waals surface area contributed by atoms with Gasteiger partial charge in [0, 0.05) is 24.9 Å².